The number of nitrogens with zero attached hydrogens (tertiary/aromatic N) is 2. The van der Waals surface area contributed by atoms with Crippen LogP contribution in [0.1, 0.15) is 50.8 Å². The molecule has 36 heavy (non-hydrogen) atoms. The Morgan fingerprint density at radius 1 is 1.06 bits per heavy atom. The van der Waals surface area contributed by atoms with Gasteiger partial charge in [-0.25, -0.2) is 4.79 Å². The van der Waals surface area contributed by atoms with Crippen LogP contribution in [0.3, 0.4) is 0 Å². The van der Waals surface area contributed by atoms with Gasteiger partial charge in [0.05, 0.1) is 16.9 Å². The Morgan fingerprint density at radius 2 is 1.78 bits per heavy atom. The molecule has 6 nitrogen and oxygen atoms in total. The lowest BCUT2D eigenvalue weighted by Crippen LogP contribution is -2.24. The summed E-state index contributed by atoms with van der Waals surface area (Å²) in [7, 11) is 0. The average Bonchev–Trinajstić information content (AvgIpc) is 2.86. The van der Waals surface area contributed by atoms with E-state index in [0.717, 1.165) is 10.9 Å². The third-order valence-corrected chi connectivity index (χ3v) is 5.99. The highest BCUT2D eigenvalue weighted by Crippen LogP contribution is 2.32. The molecule has 3 aromatic carbocycles. The first-order valence-electron chi connectivity index (χ1n) is 11.8. The minimum absolute atomic E-state index is 0.125. The van der Waals surface area contributed by atoms with Crippen molar-refractivity contribution in [3.05, 3.63) is 88.3 Å². The second kappa shape index (κ2) is 10.5. The van der Waals surface area contributed by atoms with E-state index in [1.807, 2.05) is 60.7 Å². The number of carbonyl (C=O) groups is 1. The molecule has 1 aromatic heterocycles. The Labute approximate surface area is 210 Å². The number of hydrogen-bond acceptors (Lipinski definition) is 5. The van der Waals surface area contributed by atoms with Crippen molar-refractivity contribution in [2.75, 3.05) is 6.61 Å². The maximum absolute atomic E-state index is 13.5. The van der Waals surface area contributed by atoms with E-state index >= 15 is 0 Å². The minimum atomic E-state index is -0.554. The van der Waals surface area contributed by atoms with Crippen molar-refractivity contribution in [2.45, 2.75) is 39.7 Å². The molecule has 4 aromatic rings. The number of hydrogen-bond donors (Lipinski definition) is 0. The number of rotatable bonds is 7. The second-order valence-electron chi connectivity index (χ2n) is 8.84. The van der Waals surface area contributed by atoms with Crippen LogP contribution in [0, 0.1) is 12.3 Å². The lowest BCUT2D eigenvalue weighted by Gasteiger charge is -2.20. The van der Waals surface area contributed by atoms with Crippen molar-refractivity contribution < 1.29 is 14.3 Å². The molecule has 4 rings (SSSR count). The van der Waals surface area contributed by atoms with E-state index in [1.54, 1.807) is 17.6 Å². The number of para-hydroxylation sites is 1. The maximum Gasteiger partial charge on any atom is 0.353 e. The first-order valence-corrected chi connectivity index (χ1v) is 11.8. The quantitative estimate of drug-likeness (QED) is 0.247. The maximum atomic E-state index is 13.5. The minimum Gasteiger partial charge on any atom is -0.481 e. The topological polar surface area (TPSA) is 70.4 Å². The Morgan fingerprint density at radius 3 is 2.44 bits per heavy atom. The van der Waals surface area contributed by atoms with Crippen LogP contribution in [-0.2, 0) is 9.53 Å². The van der Waals surface area contributed by atoms with Gasteiger partial charge in [0.2, 0.25) is 0 Å². The molecule has 0 aliphatic heterocycles. The summed E-state index contributed by atoms with van der Waals surface area (Å²) in [4.78, 5) is 29.7. The molecular weight excluding hydrogens is 452 g/mol. The van der Waals surface area contributed by atoms with Crippen molar-refractivity contribution in [3.63, 3.8) is 0 Å². The molecule has 0 N–H and O–H groups in total. The lowest BCUT2D eigenvalue weighted by atomic mass is 9.99. The summed E-state index contributed by atoms with van der Waals surface area (Å²) in [5, 5.41) is 0.733. The van der Waals surface area contributed by atoms with Gasteiger partial charge in [0.15, 0.2) is 0 Å². The Bertz CT molecular complexity index is 1510. The molecule has 0 bridgehead atoms. The van der Waals surface area contributed by atoms with Crippen LogP contribution in [0.15, 0.2) is 71.5 Å². The third kappa shape index (κ3) is 5.01. The largest absolute Gasteiger partial charge is 0.481 e. The van der Waals surface area contributed by atoms with Crippen molar-refractivity contribution in [2.24, 2.45) is 0 Å². The standard InChI is InChI=1S/C30H28N2O4/c1-6-17-35-24-15-16-28-26(18-24)29(23-13-11-22(12-14-23)19(2)3)31-30(34)32(28)27-10-8-7-9-25(27)20(4)36-21(5)33/h1,7-16,18-20H,17H2,2-5H3. The number of benzene rings is 3. The Hall–Kier alpha value is -4.37. The molecular formula is C30H28N2O4. The van der Waals surface area contributed by atoms with Crippen molar-refractivity contribution in [3.8, 4) is 35.0 Å². The predicted octanol–water partition coefficient (Wildman–Crippen LogP) is 5.81. The van der Waals surface area contributed by atoms with Crippen LogP contribution in [0.5, 0.6) is 5.75 Å². The predicted molar refractivity (Wildman–Crippen MR) is 141 cm³/mol. The fourth-order valence-electron chi connectivity index (χ4n) is 4.25. The van der Waals surface area contributed by atoms with Gasteiger partial charge in [-0.15, -0.1) is 6.42 Å². The van der Waals surface area contributed by atoms with Gasteiger partial charge >= 0.3 is 11.7 Å². The van der Waals surface area contributed by atoms with Gasteiger partial charge < -0.3 is 9.47 Å². The molecule has 0 aliphatic rings. The van der Waals surface area contributed by atoms with Gasteiger partial charge in [-0.05, 0) is 42.7 Å². The second-order valence-corrected chi connectivity index (χ2v) is 8.84. The van der Waals surface area contributed by atoms with Crippen molar-refractivity contribution >= 4 is 16.9 Å². The van der Waals surface area contributed by atoms with Gasteiger partial charge in [-0.2, -0.15) is 4.98 Å². The number of esters is 1. The molecule has 0 aliphatic carbocycles. The number of carbonyl (C=O) groups excluding carboxylic acids is 1. The molecule has 6 heteroatoms. The normalized spacial score (nSPS) is 11.8. The van der Waals surface area contributed by atoms with Crippen molar-refractivity contribution in [1.29, 1.82) is 0 Å². The highest BCUT2D eigenvalue weighted by molar-refractivity contribution is 5.94. The van der Waals surface area contributed by atoms with Crippen LogP contribution in [0.2, 0.25) is 0 Å². The summed E-state index contributed by atoms with van der Waals surface area (Å²) in [6.45, 7) is 7.52. The fraction of sp³-hybridized carbons (Fsp3) is 0.233. The van der Waals surface area contributed by atoms with Gasteiger partial charge in [0, 0.05) is 23.4 Å². The van der Waals surface area contributed by atoms with Gasteiger partial charge in [-0.3, -0.25) is 9.36 Å². The van der Waals surface area contributed by atoms with Gasteiger partial charge in [0.1, 0.15) is 18.5 Å². The summed E-state index contributed by atoms with van der Waals surface area (Å²) >= 11 is 0. The molecule has 0 spiro atoms. The molecule has 0 fully saturated rings. The van der Waals surface area contributed by atoms with Crippen LogP contribution in [0.4, 0.5) is 0 Å². The monoisotopic (exact) mass is 480 g/mol. The smallest absolute Gasteiger partial charge is 0.353 e. The van der Waals surface area contributed by atoms with E-state index in [9.17, 15) is 9.59 Å². The molecule has 0 amide bonds. The summed E-state index contributed by atoms with van der Waals surface area (Å²) in [6.07, 6.45) is 4.83. The van der Waals surface area contributed by atoms with Crippen LogP contribution < -0.4 is 10.4 Å². The van der Waals surface area contributed by atoms with E-state index < -0.39 is 17.8 Å². The number of aromatic nitrogens is 2. The molecule has 1 heterocycles. The summed E-state index contributed by atoms with van der Waals surface area (Å²) in [5.74, 6) is 3.04. The number of terminal acetylenes is 1. The summed E-state index contributed by atoms with van der Waals surface area (Å²) < 4.78 is 12.6. The first-order chi connectivity index (χ1) is 17.3. The number of ether oxygens (including phenoxy) is 2. The zero-order chi connectivity index (χ0) is 25.8. The molecule has 1 unspecified atom stereocenters. The molecule has 0 saturated heterocycles. The van der Waals surface area contributed by atoms with E-state index in [2.05, 4.69) is 24.8 Å². The lowest BCUT2D eigenvalue weighted by molar-refractivity contribution is -0.145. The van der Waals surface area contributed by atoms with E-state index in [0.29, 0.717) is 34.1 Å². The summed E-state index contributed by atoms with van der Waals surface area (Å²) in [6, 6.07) is 20.8. The fourth-order valence-corrected chi connectivity index (χ4v) is 4.25. The van der Waals surface area contributed by atoms with Gasteiger partial charge in [-0.1, -0.05) is 62.2 Å². The molecule has 1 atom stereocenters. The average molecular weight is 481 g/mol. The van der Waals surface area contributed by atoms with Crippen LogP contribution in [0.25, 0.3) is 27.8 Å². The van der Waals surface area contributed by atoms with E-state index in [4.69, 9.17) is 15.9 Å². The first kappa shape index (κ1) is 24.7. The SMILES string of the molecule is C#CCOc1ccc2c(c1)c(-c1ccc(C(C)C)cc1)nc(=O)n2-c1ccccc1C(C)OC(C)=O. The third-order valence-electron chi connectivity index (χ3n) is 5.99. The van der Waals surface area contributed by atoms with Crippen LogP contribution >= 0.6 is 0 Å². The van der Waals surface area contributed by atoms with Crippen molar-refractivity contribution in [1.82, 2.24) is 9.55 Å². The Balaban J connectivity index is 1.98. The zero-order valence-corrected chi connectivity index (χ0v) is 20.8. The zero-order valence-electron chi connectivity index (χ0n) is 20.8. The Kier molecular flexibility index (Phi) is 7.21. The van der Waals surface area contributed by atoms with Gasteiger partial charge in [0.25, 0.3) is 0 Å². The van der Waals surface area contributed by atoms with Crippen LogP contribution in [-0.4, -0.2) is 22.1 Å². The molecule has 182 valence electrons. The van der Waals surface area contributed by atoms with E-state index in [-0.39, 0.29) is 6.61 Å². The highest BCUT2D eigenvalue weighted by atomic mass is 16.5. The highest BCUT2D eigenvalue weighted by Gasteiger charge is 2.20. The summed E-state index contributed by atoms with van der Waals surface area (Å²) in [5.41, 5.74) is 4.07. The number of fused-ring (bicyclic) bond motifs is 1. The van der Waals surface area contributed by atoms with E-state index in [1.165, 1.54) is 12.5 Å². The molecule has 0 saturated carbocycles. The molecule has 0 radical (unpaired) electrons.